The van der Waals surface area contributed by atoms with E-state index in [1.807, 2.05) is 6.07 Å². The summed E-state index contributed by atoms with van der Waals surface area (Å²) in [6, 6.07) is 10.4. The number of H-pyrrole nitrogens is 1. The van der Waals surface area contributed by atoms with Crippen LogP contribution in [0, 0.1) is 23.0 Å². The van der Waals surface area contributed by atoms with E-state index in [0.717, 1.165) is 12.1 Å². The van der Waals surface area contributed by atoms with E-state index in [9.17, 15) is 8.78 Å². The number of nitrogen functional groups attached to an aromatic ring is 1. The van der Waals surface area contributed by atoms with Crippen molar-refractivity contribution in [2.24, 2.45) is 0 Å². The predicted octanol–water partition coefficient (Wildman–Crippen LogP) is 3.51. The average Bonchev–Trinajstić information content (AvgIpc) is 2.95. The molecule has 0 bridgehead atoms. The fourth-order valence-electron chi connectivity index (χ4n) is 2.77. The van der Waals surface area contributed by atoms with Gasteiger partial charge in [0.25, 0.3) is 0 Å². The van der Waals surface area contributed by atoms with Gasteiger partial charge in [0.15, 0.2) is 5.82 Å². The maximum Gasteiger partial charge on any atom is 0.171 e. The molecule has 0 aliphatic rings. The maximum absolute atomic E-state index is 14.3. The number of aromatic nitrogens is 3. The average molecular weight is 321 g/mol. The van der Waals surface area contributed by atoms with E-state index in [1.165, 1.54) is 6.07 Å². The Balaban J connectivity index is 2.24. The number of nitrogens with zero attached hydrogens (tertiary/aromatic N) is 3. The van der Waals surface area contributed by atoms with Crippen LogP contribution in [-0.2, 0) is 0 Å². The number of pyridine rings is 1. The molecule has 2 heterocycles. The van der Waals surface area contributed by atoms with Crippen molar-refractivity contribution >= 4 is 27.6 Å². The molecule has 0 amide bonds. The Kier molecular flexibility index (Phi) is 2.93. The lowest BCUT2D eigenvalue weighted by atomic mass is 10.00. The number of anilines is 1. The van der Waals surface area contributed by atoms with Crippen LogP contribution in [0.1, 0.15) is 5.56 Å². The van der Waals surface area contributed by atoms with Crippen molar-refractivity contribution in [3.05, 3.63) is 53.6 Å². The molecule has 7 heteroatoms. The van der Waals surface area contributed by atoms with Gasteiger partial charge in [0.2, 0.25) is 0 Å². The fraction of sp³-hybridized carbons (Fsp3) is 0. The molecule has 2 aromatic heterocycles. The van der Waals surface area contributed by atoms with Crippen molar-refractivity contribution in [1.29, 1.82) is 5.26 Å². The van der Waals surface area contributed by atoms with Crippen LogP contribution >= 0.6 is 0 Å². The van der Waals surface area contributed by atoms with Gasteiger partial charge in [0, 0.05) is 10.8 Å². The predicted molar refractivity (Wildman–Crippen MR) is 85.9 cm³/mol. The minimum Gasteiger partial charge on any atom is -0.380 e. The molecule has 0 radical (unpaired) electrons. The van der Waals surface area contributed by atoms with Crippen molar-refractivity contribution in [2.45, 2.75) is 0 Å². The molecular weight excluding hydrogens is 312 g/mol. The Bertz CT molecular complexity index is 1140. The molecule has 2 aromatic carbocycles. The monoisotopic (exact) mass is 321 g/mol. The number of hydrogen-bond acceptors (Lipinski definition) is 4. The van der Waals surface area contributed by atoms with Crippen molar-refractivity contribution in [2.75, 3.05) is 5.73 Å². The van der Waals surface area contributed by atoms with E-state index in [0.29, 0.717) is 27.4 Å². The summed E-state index contributed by atoms with van der Waals surface area (Å²) in [4.78, 5) is 4.32. The number of rotatable bonds is 1. The normalized spacial score (nSPS) is 11.0. The van der Waals surface area contributed by atoms with Crippen LogP contribution in [0.25, 0.3) is 33.1 Å². The minimum absolute atomic E-state index is 0.0818. The highest BCUT2D eigenvalue weighted by Gasteiger charge is 2.19. The van der Waals surface area contributed by atoms with Crippen LogP contribution in [0.15, 0.2) is 36.4 Å². The Hall–Kier alpha value is -3.53. The molecule has 0 saturated heterocycles. The van der Waals surface area contributed by atoms with Gasteiger partial charge in [-0.25, -0.2) is 13.8 Å². The van der Waals surface area contributed by atoms with E-state index in [-0.39, 0.29) is 17.1 Å². The highest BCUT2D eigenvalue weighted by molar-refractivity contribution is 6.11. The molecule has 4 aromatic rings. The van der Waals surface area contributed by atoms with Gasteiger partial charge >= 0.3 is 0 Å². The first-order valence-corrected chi connectivity index (χ1v) is 7.02. The fourth-order valence-corrected chi connectivity index (χ4v) is 2.77. The quantitative estimate of drug-likeness (QED) is 0.561. The van der Waals surface area contributed by atoms with Gasteiger partial charge in [-0.05, 0) is 24.3 Å². The van der Waals surface area contributed by atoms with Crippen LogP contribution in [0.3, 0.4) is 0 Å². The Morgan fingerprint density at radius 2 is 1.83 bits per heavy atom. The summed E-state index contributed by atoms with van der Waals surface area (Å²) in [5.41, 5.74) is 6.85. The molecule has 0 atom stereocenters. The minimum atomic E-state index is -0.743. The zero-order valence-electron chi connectivity index (χ0n) is 12.1. The second-order valence-electron chi connectivity index (χ2n) is 5.26. The van der Waals surface area contributed by atoms with Crippen molar-refractivity contribution in [1.82, 2.24) is 15.2 Å². The van der Waals surface area contributed by atoms with E-state index in [1.54, 1.807) is 18.2 Å². The first kappa shape index (κ1) is 14.1. The molecule has 116 valence electrons. The summed E-state index contributed by atoms with van der Waals surface area (Å²) in [6.45, 7) is 0. The summed E-state index contributed by atoms with van der Waals surface area (Å²) in [5.74, 6) is -1.35. The zero-order valence-corrected chi connectivity index (χ0v) is 12.1. The number of benzene rings is 2. The SMILES string of the molecule is N#Cc1ccc2c(c1)c(-c1c(F)cccc1F)nc1c(N)n[nH]c12. The van der Waals surface area contributed by atoms with Gasteiger partial charge in [-0.2, -0.15) is 10.4 Å². The molecular formula is C17H9F2N5. The van der Waals surface area contributed by atoms with Gasteiger partial charge in [0.1, 0.15) is 17.2 Å². The summed E-state index contributed by atoms with van der Waals surface area (Å²) in [6.07, 6.45) is 0. The largest absolute Gasteiger partial charge is 0.380 e. The molecule has 4 rings (SSSR count). The number of halogens is 2. The van der Waals surface area contributed by atoms with Crippen LogP contribution in [0.4, 0.5) is 14.6 Å². The van der Waals surface area contributed by atoms with Gasteiger partial charge < -0.3 is 5.73 Å². The van der Waals surface area contributed by atoms with Crippen molar-refractivity contribution in [3.63, 3.8) is 0 Å². The topological polar surface area (TPSA) is 91.4 Å². The molecule has 0 unspecified atom stereocenters. The molecule has 0 fully saturated rings. The van der Waals surface area contributed by atoms with E-state index in [4.69, 9.17) is 11.0 Å². The second kappa shape index (κ2) is 4.99. The second-order valence-corrected chi connectivity index (χ2v) is 5.26. The molecule has 0 saturated carbocycles. The highest BCUT2D eigenvalue weighted by atomic mass is 19.1. The molecule has 0 aliphatic heterocycles. The third-order valence-corrected chi connectivity index (χ3v) is 3.86. The van der Waals surface area contributed by atoms with E-state index >= 15 is 0 Å². The lowest BCUT2D eigenvalue weighted by Crippen LogP contribution is -1.96. The number of nitriles is 1. The van der Waals surface area contributed by atoms with Crippen molar-refractivity contribution < 1.29 is 8.78 Å². The number of aromatic amines is 1. The van der Waals surface area contributed by atoms with Gasteiger partial charge in [0.05, 0.1) is 28.4 Å². The molecule has 0 spiro atoms. The van der Waals surface area contributed by atoms with Crippen molar-refractivity contribution in [3.8, 4) is 17.3 Å². The molecule has 3 N–H and O–H groups in total. The first-order chi connectivity index (χ1) is 11.6. The smallest absolute Gasteiger partial charge is 0.171 e. The number of nitrogens with two attached hydrogens (primary N) is 1. The summed E-state index contributed by atoms with van der Waals surface area (Å²) < 4.78 is 28.5. The number of fused-ring (bicyclic) bond motifs is 3. The van der Waals surface area contributed by atoms with Gasteiger partial charge in [-0.15, -0.1) is 0 Å². The lowest BCUT2D eigenvalue weighted by Gasteiger charge is -2.10. The number of nitrogens with one attached hydrogen (secondary N) is 1. The summed E-state index contributed by atoms with van der Waals surface area (Å²) in [5, 5.41) is 16.9. The Morgan fingerprint density at radius 3 is 2.54 bits per heavy atom. The molecule has 24 heavy (non-hydrogen) atoms. The highest BCUT2D eigenvalue weighted by Crippen LogP contribution is 2.35. The van der Waals surface area contributed by atoms with Gasteiger partial charge in [-0.1, -0.05) is 12.1 Å². The Labute approximate surface area is 134 Å². The van der Waals surface area contributed by atoms with Crippen LogP contribution in [-0.4, -0.2) is 15.2 Å². The molecule has 5 nitrogen and oxygen atoms in total. The first-order valence-electron chi connectivity index (χ1n) is 7.02. The van der Waals surface area contributed by atoms with Crippen LogP contribution in [0.5, 0.6) is 0 Å². The standard InChI is InChI=1S/C17H9F2N5/c18-11-2-1-3-12(19)13(11)14-10-6-8(7-20)4-5-9(10)15-16(22-14)17(21)24-23-15/h1-6H,(H3,21,23,24). The summed E-state index contributed by atoms with van der Waals surface area (Å²) in [7, 11) is 0. The zero-order chi connectivity index (χ0) is 16.8. The maximum atomic E-state index is 14.3. The van der Waals surface area contributed by atoms with Gasteiger partial charge in [-0.3, -0.25) is 5.10 Å². The summed E-state index contributed by atoms with van der Waals surface area (Å²) >= 11 is 0. The molecule has 0 aliphatic carbocycles. The van der Waals surface area contributed by atoms with Crippen LogP contribution in [0.2, 0.25) is 0 Å². The van der Waals surface area contributed by atoms with E-state index in [2.05, 4.69) is 15.2 Å². The third kappa shape index (κ3) is 1.90. The van der Waals surface area contributed by atoms with Crippen LogP contribution < -0.4 is 5.73 Å². The lowest BCUT2D eigenvalue weighted by molar-refractivity contribution is 0.589. The number of hydrogen-bond donors (Lipinski definition) is 2. The third-order valence-electron chi connectivity index (χ3n) is 3.86. The van der Waals surface area contributed by atoms with E-state index < -0.39 is 11.6 Å². The Morgan fingerprint density at radius 1 is 1.08 bits per heavy atom.